The van der Waals surface area contributed by atoms with Crippen LogP contribution in [0.25, 0.3) is 0 Å². The fourth-order valence-corrected chi connectivity index (χ4v) is 4.40. The minimum Gasteiger partial charge on any atom is -0.355 e. The summed E-state index contributed by atoms with van der Waals surface area (Å²) >= 11 is 1.57. The molecule has 9 heteroatoms. The third kappa shape index (κ3) is 5.46. The van der Waals surface area contributed by atoms with Gasteiger partial charge in [-0.3, -0.25) is 9.89 Å². The fraction of sp³-hybridized carbons (Fsp3) is 0.545. The molecule has 0 unspecified atom stereocenters. The van der Waals surface area contributed by atoms with Crippen LogP contribution in [0, 0.1) is 19.3 Å². The summed E-state index contributed by atoms with van der Waals surface area (Å²) < 4.78 is 0. The molecule has 8 nitrogen and oxygen atoms in total. The molecular weight excluding hydrogens is 408 g/mol. The van der Waals surface area contributed by atoms with Gasteiger partial charge in [-0.15, -0.1) is 10.2 Å². The summed E-state index contributed by atoms with van der Waals surface area (Å²) in [6.45, 7) is 6.93. The van der Waals surface area contributed by atoms with Crippen molar-refractivity contribution in [2.75, 3.05) is 38.3 Å². The molecule has 0 radical (unpaired) electrons. The first-order valence-corrected chi connectivity index (χ1v) is 11.8. The third-order valence-electron chi connectivity index (χ3n) is 6.01. The summed E-state index contributed by atoms with van der Waals surface area (Å²) in [5.41, 5.74) is 4.92. The van der Waals surface area contributed by atoms with Crippen molar-refractivity contribution >= 4 is 29.5 Å². The van der Waals surface area contributed by atoms with Crippen LogP contribution in [0.3, 0.4) is 0 Å². The zero-order chi connectivity index (χ0) is 22.4. The second-order valence-corrected chi connectivity index (χ2v) is 8.64. The first kappa shape index (κ1) is 23.3. The lowest BCUT2D eigenvalue weighted by atomic mass is 10.0. The Balaban J connectivity index is 1.65. The van der Waals surface area contributed by atoms with Crippen LogP contribution in [0.2, 0.25) is 0 Å². The average Bonchev–Trinajstić information content (AvgIpc) is 2.80. The quantitative estimate of drug-likeness (QED) is 0.383. The van der Waals surface area contributed by atoms with Crippen molar-refractivity contribution in [2.45, 2.75) is 50.9 Å². The summed E-state index contributed by atoms with van der Waals surface area (Å²) in [5.74, 6) is 0.966. The molecule has 1 fully saturated rings. The van der Waals surface area contributed by atoms with Gasteiger partial charge in [0.1, 0.15) is 5.69 Å². The number of aromatic nitrogens is 4. The zero-order valence-electron chi connectivity index (χ0n) is 19.1. The van der Waals surface area contributed by atoms with Crippen molar-refractivity contribution < 1.29 is 0 Å². The molecule has 0 aromatic carbocycles. The van der Waals surface area contributed by atoms with Gasteiger partial charge in [-0.05, 0) is 57.2 Å². The number of nitrogens with one attached hydrogen (secondary N) is 1. The van der Waals surface area contributed by atoms with Crippen molar-refractivity contribution in [1.29, 1.82) is 5.41 Å². The lowest BCUT2D eigenvalue weighted by Crippen LogP contribution is -2.44. The Labute approximate surface area is 189 Å². The van der Waals surface area contributed by atoms with Crippen molar-refractivity contribution in [3.8, 4) is 0 Å². The van der Waals surface area contributed by atoms with E-state index >= 15 is 0 Å². The maximum atomic E-state index is 7.38. The summed E-state index contributed by atoms with van der Waals surface area (Å²) in [4.78, 5) is 17.9. The fourth-order valence-electron chi connectivity index (χ4n) is 4.02. The number of aliphatic imine (C=N–C) groups is 1. The van der Waals surface area contributed by atoms with Gasteiger partial charge in [0.25, 0.3) is 0 Å². The highest BCUT2D eigenvalue weighted by molar-refractivity contribution is 7.98. The molecular formula is C22H32N8S. The topological polar surface area (TPSA) is 94.2 Å². The standard InChI is InChI=1S/C22H32N8S/c1-15-16(2)21(28-27-20(15)19(24-3)6-10-23)30-12-8-18(9-13-30)29(4)14-17-7-11-25-22(26-17)31-5/h7,10-11,18,23H,6,8-9,12-14H2,1-5H3. The van der Waals surface area contributed by atoms with E-state index in [4.69, 9.17) is 5.41 Å². The van der Waals surface area contributed by atoms with Crippen LogP contribution in [0.1, 0.15) is 41.8 Å². The summed E-state index contributed by atoms with van der Waals surface area (Å²) in [7, 11) is 3.92. The molecule has 1 saturated heterocycles. The smallest absolute Gasteiger partial charge is 0.187 e. The van der Waals surface area contributed by atoms with Gasteiger partial charge >= 0.3 is 0 Å². The molecule has 1 aliphatic heterocycles. The largest absolute Gasteiger partial charge is 0.355 e. The molecule has 0 spiro atoms. The normalized spacial score (nSPS) is 15.5. The Morgan fingerprint density at radius 3 is 2.68 bits per heavy atom. The third-order valence-corrected chi connectivity index (χ3v) is 6.57. The van der Waals surface area contributed by atoms with E-state index in [1.165, 1.54) is 6.21 Å². The zero-order valence-corrected chi connectivity index (χ0v) is 19.9. The molecule has 1 aliphatic rings. The van der Waals surface area contributed by atoms with Crippen LogP contribution >= 0.6 is 11.8 Å². The number of hydrogen-bond donors (Lipinski definition) is 1. The summed E-state index contributed by atoms with van der Waals surface area (Å²) in [5, 5.41) is 17.2. The van der Waals surface area contributed by atoms with E-state index in [1.807, 2.05) is 18.5 Å². The SMILES string of the molecule is CN=C(CC=N)c1nnc(N2CCC(N(C)Cc3ccnc(SC)n3)CC2)c(C)c1C. The first-order valence-electron chi connectivity index (χ1n) is 10.6. The predicted molar refractivity (Wildman–Crippen MR) is 128 cm³/mol. The number of nitrogens with zero attached hydrogens (tertiary/aromatic N) is 7. The van der Waals surface area contributed by atoms with Crippen LogP contribution in [0.15, 0.2) is 22.4 Å². The molecule has 0 atom stereocenters. The lowest BCUT2D eigenvalue weighted by molar-refractivity contribution is 0.197. The van der Waals surface area contributed by atoms with Crippen LogP contribution in [0.4, 0.5) is 5.82 Å². The van der Waals surface area contributed by atoms with Gasteiger partial charge in [0.2, 0.25) is 0 Å². The van der Waals surface area contributed by atoms with E-state index in [1.54, 1.807) is 18.8 Å². The molecule has 1 N–H and O–H groups in total. The van der Waals surface area contributed by atoms with E-state index in [-0.39, 0.29) is 0 Å². The number of anilines is 1. The predicted octanol–water partition coefficient (Wildman–Crippen LogP) is 3.16. The Hall–Kier alpha value is -2.39. The average molecular weight is 441 g/mol. The number of piperidine rings is 1. The molecule has 2 aromatic rings. The van der Waals surface area contributed by atoms with E-state index in [9.17, 15) is 0 Å². The van der Waals surface area contributed by atoms with Gasteiger partial charge in [0.05, 0.1) is 11.4 Å². The van der Waals surface area contributed by atoms with E-state index < -0.39 is 0 Å². The number of rotatable bonds is 8. The highest BCUT2D eigenvalue weighted by Gasteiger charge is 2.26. The van der Waals surface area contributed by atoms with E-state index in [0.29, 0.717) is 12.5 Å². The van der Waals surface area contributed by atoms with Crippen molar-refractivity contribution in [3.63, 3.8) is 0 Å². The van der Waals surface area contributed by atoms with Crippen LogP contribution < -0.4 is 4.90 Å². The lowest BCUT2D eigenvalue weighted by Gasteiger charge is -2.37. The maximum Gasteiger partial charge on any atom is 0.187 e. The summed E-state index contributed by atoms with van der Waals surface area (Å²) in [6, 6.07) is 2.52. The monoisotopic (exact) mass is 440 g/mol. The Bertz CT molecular complexity index is 937. The van der Waals surface area contributed by atoms with Crippen molar-refractivity contribution in [2.24, 2.45) is 4.99 Å². The maximum absolute atomic E-state index is 7.38. The molecule has 0 bridgehead atoms. The van der Waals surface area contributed by atoms with Gasteiger partial charge in [0, 0.05) is 51.6 Å². The molecule has 2 aromatic heterocycles. The van der Waals surface area contributed by atoms with Gasteiger partial charge in [-0.2, -0.15) is 0 Å². The van der Waals surface area contributed by atoms with Gasteiger partial charge in [0.15, 0.2) is 11.0 Å². The molecule has 3 heterocycles. The molecule has 166 valence electrons. The van der Waals surface area contributed by atoms with Gasteiger partial charge < -0.3 is 10.3 Å². The van der Waals surface area contributed by atoms with Crippen molar-refractivity contribution in [1.82, 2.24) is 25.1 Å². The minimum absolute atomic E-state index is 0.479. The number of hydrogen-bond acceptors (Lipinski definition) is 9. The van der Waals surface area contributed by atoms with Crippen molar-refractivity contribution in [3.05, 3.63) is 34.8 Å². The Morgan fingerprint density at radius 2 is 2.03 bits per heavy atom. The Kier molecular flexibility index (Phi) is 8.09. The summed E-state index contributed by atoms with van der Waals surface area (Å²) in [6.07, 6.45) is 7.84. The van der Waals surface area contributed by atoms with E-state index in [2.05, 4.69) is 55.9 Å². The second kappa shape index (κ2) is 10.8. The molecule has 0 aliphatic carbocycles. The Morgan fingerprint density at radius 1 is 1.29 bits per heavy atom. The molecule has 0 saturated carbocycles. The number of thioether (sulfide) groups is 1. The van der Waals surface area contributed by atoms with Crippen LogP contribution in [0.5, 0.6) is 0 Å². The molecule has 3 rings (SSSR count). The highest BCUT2D eigenvalue weighted by atomic mass is 32.2. The van der Waals surface area contributed by atoms with Gasteiger partial charge in [-0.1, -0.05) is 11.8 Å². The first-order chi connectivity index (χ1) is 15.0. The van der Waals surface area contributed by atoms with Crippen LogP contribution in [-0.4, -0.2) is 76.5 Å². The van der Waals surface area contributed by atoms with Crippen LogP contribution in [-0.2, 0) is 6.54 Å². The molecule has 0 amide bonds. The van der Waals surface area contributed by atoms with E-state index in [0.717, 1.165) is 71.7 Å². The van der Waals surface area contributed by atoms with Gasteiger partial charge in [-0.25, -0.2) is 9.97 Å². The molecule has 31 heavy (non-hydrogen) atoms. The minimum atomic E-state index is 0.479. The second-order valence-electron chi connectivity index (χ2n) is 7.87. The highest BCUT2D eigenvalue weighted by Crippen LogP contribution is 2.26.